The molecule has 21 heavy (non-hydrogen) atoms. The number of fused-ring (bicyclic) bond motifs is 1. The molecule has 1 aromatic carbocycles. The average Bonchev–Trinajstić information content (AvgIpc) is 2.90. The van der Waals surface area contributed by atoms with E-state index in [0.717, 1.165) is 12.1 Å². The summed E-state index contributed by atoms with van der Waals surface area (Å²) in [5.74, 6) is 4.29. The van der Waals surface area contributed by atoms with Gasteiger partial charge in [0.05, 0.1) is 16.9 Å². The second-order valence-electron chi connectivity index (χ2n) is 4.15. The van der Waals surface area contributed by atoms with Gasteiger partial charge >= 0.3 is 0 Å². The molecule has 0 amide bonds. The van der Waals surface area contributed by atoms with Crippen molar-refractivity contribution >= 4 is 34.6 Å². The summed E-state index contributed by atoms with van der Waals surface area (Å²) in [6.07, 6.45) is 4.83. The first-order valence-corrected chi connectivity index (χ1v) is 6.18. The molecule has 0 aliphatic carbocycles. The lowest BCUT2D eigenvalue weighted by Crippen LogP contribution is -2.11. The molecule has 4 N–H and O–H groups in total. The number of halogens is 3. The molecule has 0 spiro atoms. The molecule has 0 atom stereocenters. The highest BCUT2D eigenvalue weighted by atomic mass is 35.5. The third-order valence-electron chi connectivity index (χ3n) is 2.77. The third-order valence-corrected chi connectivity index (χ3v) is 3.07. The van der Waals surface area contributed by atoms with Crippen LogP contribution in [0.15, 0.2) is 30.7 Å². The van der Waals surface area contributed by atoms with Gasteiger partial charge in [0.2, 0.25) is 0 Å². The average molecular weight is 311 g/mol. The first-order chi connectivity index (χ1) is 10.1. The van der Waals surface area contributed by atoms with Crippen LogP contribution in [0.2, 0.25) is 5.02 Å². The molecule has 2 heterocycles. The number of hydrogen-bond donors (Lipinski definition) is 3. The van der Waals surface area contributed by atoms with Gasteiger partial charge in [-0.15, -0.1) is 0 Å². The zero-order valence-corrected chi connectivity index (χ0v) is 11.2. The number of anilines is 3. The third kappa shape index (κ3) is 2.46. The Morgan fingerprint density at radius 2 is 2.10 bits per heavy atom. The highest BCUT2D eigenvalue weighted by Crippen LogP contribution is 2.30. The number of benzene rings is 1. The Balaban J connectivity index is 2.11. The van der Waals surface area contributed by atoms with E-state index in [1.54, 1.807) is 23.0 Å². The Kier molecular flexibility index (Phi) is 3.32. The second-order valence-corrected chi connectivity index (χ2v) is 4.55. The van der Waals surface area contributed by atoms with Crippen LogP contribution < -0.4 is 16.6 Å². The molecule has 0 saturated carbocycles. The maximum absolute atomic E-state index is 13.8. The molecule has 0 radical (unpaired) electrons. The Labute approximate surface area is 122 Å². The van der Waals surface area contributed by atoms with Gasteiger partial charge in [-0.2, -0.15) is 0 Å². The standard InChI is InChI=1S/C12H9ClF2N6/c13-7-3-6(14)4-8(15)10(7)19-11-12-17-1-2-21(12)5-9(18-11)20-16/h1-5,20H,16H2,(H,18,19). The number of nitrogens with zero attached hydrogens (tertiary/aromatic N) is 3. The van der Waals surface area contributed by atoms with Gasteiger partial charge in [-0.05, 0) is 6.07 Å². The molecule has 6 nitrogen and oxygen atoms in total. The predicted molar refractivity (Wildman–Crippen MR) is 75.4 cm³/mol. The van der Waals surface area contributed by atoms with Crippen molar-refractivity contribution < 1.29 is 8.78 Å². The molecular weight excluding hydrogens is 302 g/mol. The lowest BCUT2D eigenvalue weighted by molar-refractivity contribution is 0.586. The molecule has 0 unspecified atom stereocenters. The van der Waals surface area contributed by atoms with E-state index < -0.39 is 11.6 Å². The summed E-state index contributed by atoms with van der Waals surface area (Å²) < 4.78 is 28.5. The summed E-state index contributed by atoms with van der Waals surface area (Å²) in [7, 11) is 0. The molecule has 0 saturated heterocycles. The maximum atomic E-state index is 13.8. The predicted octanol–water partition coefficient (Wildman–Crippen LogP) is 2.69. The Morgan fingerprint density at radius 3 is 2.81 bits per heavy atom. The highest BCUT2D eigenvalue weighted by molar-refractivity contribution is 6.33. The molecule has 9 heteroatoms. The van der Waals surface area contributed by atoms with Gasteiger partial charge in [-0.1, -0.05) is 11.6 Å². The van der Waals surface area contributed by atoms with Crippen LogP contribution >= 0.6 is 11.6 Å². The number of hydrogen-bond acceptors (Lipinski definition) is 5. The molecule has 0 aliphatic rings. The molecule has 2 aromatic heterocycles. The van der Waals surface area contributed by atoms with E-state index in [1.807, 2.05) is 0 Å². The van der Waals surface area contributed by atoms with Crippen LogP contribution in [0.5, 0.6) is 0 Å². The van der Waals surface area contributed by atoms with Crippen LogP contribution in [0, 0.1) is 11.6 Å². The van der Waals surface area contributed by atoms with E-state index in [4.69, 9.17) is 17.4 Å². The van der Waals surface area contributed by atoms with Crippen LogP contribution in [0.4, 0.5) is 26.1 Å². The van der Waals surface area contributed by atoms with E-state index in [1.165, 1.54) is 0 Å². The van der Waals surface area contributed by atoms with Gasteiger partial charge in [-0.3, -0.25) is 0 Å². The number of nitrogen functional groups attached to an aromatic ring is 1. The first-order valence-electron chi connectivity index (χ1n) is 5.80. The van der Waals surface area contributed by atoms with Crippen molar-refractivity contribution in [1.29, 1.82) is 0 Å². The van der Waals surface area contributed by atoms with Gasteiger partial charge in [0, 0.05) is 18.5 Å². The zero-order valence-electron chi connectivity index (χ0n) is 10.4. The molecule has 3 aromatic rings. The fourth-order valence-electron chi connectivity index (χ4n) is 1.87. The second kappa shape index (κ2) is 5.15. The fourth-order valence-corrected chi connectivity index (χ4v) is 2.11. The van der Waals surface area contributed by atoms with E-state index in [2.05, 4.69) is 20.7 Å². The van der Waals surface area contributed by atoms with Gasteiger partial charge in [0.25, 0.3) is 0 Å². The minimum atomic E-state index is -0.836. The van der Waals surface area contributed by atoms with Gasteiger partial charge in [-0.25, -0.2) is 24.6 Å². The number of aromatic nitrogens is 3. The summed E-state index contributed by atoms with van der Waals surface area (Å²) in [6, 6.07) is 1.72. The lowest BCUT2D eigenvalue weighted by atomic mass is 10.3. The summed E-state index contributed by atoms with van der Waals surface area (Å²) >= 11 is 5.85. The van der Waals surface area contributed by atoms with Crippen LogP contribution in [0.25, 0.3) is 5.65 Å². The quantitative estimate of drug-likeness (QED) is 0.512. The molecule has 3 rings (SSSR count). The minimum Gasteiger partial charge on any atom is -0.333 e. The molecular formula is C12H9ClF2N6. The van der Waals surface area contributed by atoms with Crippen LogP contribution in [0.3, 0.4) is 0 Å². The van der Waals surface area contributed by atoms with E-state index in [9.17, 15) is 8.78 Å². The Bertz CT molecular complexity index is 796. The van der Waals surface area contributed by atoms with Crippen LogP contribution in [-0.2, 0) is 0 Å². The molecule has 0 bridgehead atoms. The highest BCUT2D eigenvalue weighted by Gasteiger charge is 2.14. The van der Waals surface area contributed by atoms with Crippen molar-refractivity contribution in [1.82, 2.24) is 14.4 Å². The number of hydrazine groups is 1. The number of nitrogens with two attached hydrogens (primary N) is 1. The fraction of sp³-hybridized carbons (Fsp3) is 0. The SMILES string of the molecule is NNc1cn2ccnc2c(Nc2c(F)cc(F)cc2Cl)n1. The number of imidazole rings is 1. The van der Waals surface area contributed by atoms with Crippen LogP contribution in [-0.4, -0.2) is 14.4 Å². The van der Waals surface area contributed by atoms with Crippen molar-refractivity contribution in [3.05, 3.63) is 47.4 Å². The number of rotatable bonds is 3. The topological polar surface area (TPSA) is 80.3 Å². The molecule has 108 valence electrons. The van der Waals surface area contributed by atoms with Crippen molar-refractivity contribution in [2.75, 3.05) is 10.7 Å². The Hall–Kier alpha value is -2.45. The first kappa shape index (κ1) is 13.5. The largest absolute Gasteiger partial charge is 0.333 e. The van der Waals surface area contributed by atoms with Crippen molar-refractivity contribution in [3.8, 4) is 0 Å². The normalized spacial score (nSPS) is 10.9. The minimum absolute atomic E-state index is 0.0929. The summed E-state index contributed by atoms with van der Waals surface area (Å²) in [4.78, 5) is 8.24. The van der Waals surface area contributed by atoms with Gasteiger partial charge < -0.3 is 15.1 Å². The molecule has 0 fully saturated rings. The summed E-state index contributed by atoms with van der Waals surface area (Å²) in [6.45, 7) is 0. The van der Waals surface area contributed by atoms with Crippen molar-refractivity contribution in [2.45, 2.75) is 0 Å². The monoisotopic (exact) mass is 310 g/mol. The lowest BCUT2D eigenvalue weighted by Gasteiger charge is -2.11. The van der Waals surface area contributed by atoms with Crippen molar-refractivity contribution in [3.63, 3.8) is 0 Å². The van der Waals surface area contributed by atoms with Gasteiger partial charge in [0.15, 0.2) is 23.1 Å². The smallest absolute Gasteiger partial charge is 0.180 e. The van der Waals surface area contributed by atoms with Crippen molar-refractivity contribution in [2.24, 2.45) is 5.84 Å². The zero-order chi connectivity index (χ0) is 15.0. The summed E-state index contributed by atoms with van der Waals surface area (Å²) in [5, 5.41) is 2.60. The van der Waals surface area contributed by atoms with E-state index >= 15 is 0 Å². The van der Waals surface area contributed by atoms with E-state index in [0.29, 0.717) is 11.5 Å². The van der Waals surface area contributed by atoms with E-state index in [-0.39, 0.29) is 16.5 Å². The number of nitrogens with one attached hydrogen (secondary N) is 2. The molecule has 0 aliphatic heterocycles. The van der Waals surface area contributed by atoms with Gasteiger partial charge in [0.1, 0.15) is 5.82 Å². The Morgan fingerprint density at radius 1 is 1.29 bits per heavy atom. The van der Waals surface area contributed by atoms with Crippen LogP contribution in [0.1, 0.15) is 0 Å². The summed E-state index contributed by atoms with van der Waals surface area (Å²) in [5.41, 5.74) is 2.73. The maximum Gasteiger partial charge on any atom is 0.180 e.